The molecule has 0 saturated heterocycles. The molecule has 0 radical (unpaired) electrons. The highest BCUT2D eigenvalue weighted by Gasteiger charge is 2.55. The van der Waals surface area contributed by atoms with E-state index in [4.69, 9.17) is 5.11 Å². The SMILES string of the molecule is C=C1[C@H](O)C[C@@H]2C(C)(C)CCC[C@]2(C)[C@H]1CC[C@@](C)(O)[C@H](O)CO. The van der Waals surface area contributed by atoms with Crippen LogP contribution >= 0.6 is 0 Å². The predicted molar refractivity (Wildman–Crippen MR) is 95.4 cm³/mol. The molecule has 2 aliphatic carbocycles. The third-order valence-electron chi connectivity index (χ3n) is 7.24. The van der Waals surface area contributed by atoms with Crippen LogP contribution in [0.1, 0.15) is 66.2 Å². The maximum atomic E-state index is 10.6. The first-order valence-electron chi connectivity index (χ1n) is 9.34. The van der Waals surface area contributed by atoms with Gasteiger partial charge in [-0.05, 0) is 67.3 Å². The lowest BCUT2D eigenvalue weighted by Gasteiger charge is -2.59. The Morgan fingerprint density at radius 2 is 1.92 bits per heavy atom. The number of aliphatic hydroxyl groups excluding tert-OH is 3. The van der Waals surface area contributed by atoms with Crippen molar-refractivity contribution >= 4 is 0 Å². The van der Waals surface area contributed by atoms with E-state index in [9.17, 15) is 15.3 Å². The molecular formula is C20H36O4. The second kappa shape index (κ2) is 6.71. The maximum Gasteiger partial charge on any atom is 0.105 e. The lowest BCUT2D eigenvalue weighted by molar-refractivity contribution is -0.108. The smallest absolute Gasteiger partial charge is 0.105 e. The molecule has 0 aromatic heterocycles. The highest BCUT2D eigenvalue weighted by Crippen LogP contribution is 2.61. The fourth-order valence-electron chi connectivity index (χ4n) is 5.52. The largest absolute Gasteiger partial charge is 0.394 e. The molecule has 0 amide bonds. The maximum absolute atomic E-state index is 10.6. The van der Waals surface area contributed by atoms with Crippen LogP contribution in [0.25, 0.3) is 0 Å². The summed E-state index contributed by atoms with van der Waals surface area (Å²) in [6, 6.07) is 0. The molecule has 0 aliphatic heterocycles. The molecule has 4 N–H and O–H groups in total. The zero-order valence-corrected chi connectivity index (χ0v) is 15.8. The van der Waals surface area contributed by atoms with Gasteiger partial charge in [-0.15, -0.1) is 0 Å². The third-order valence-corrected chi connectivity index (χ3v) is 7.24. The Morgan fingerprint density at radius 1 is 1.29 bits per heavy atom. The van der Waals surface area contributed by atoms with Crippen molar-refractivity contribution in [2.75, 3.05) is 6.61 Å². The monoisotopic (exact) mass is 340 g/mol. The molecule has 0 aromatic carbocycles. The van der Waals surface area contributed by atoms with Crippen LogP contribution in [0.3, 0.4) is 0 Å². The van der Waals surface area contributed by atoms with Crippen LogP contribution in [0.4, 0.5) is 0 Å². The number of fused-ring (bicyclic) bond motifs is 1. The van der Waals surface area contributed by atoms with Crippen LogP contribution in [0.15, 0.2) is 12.2 Å². The van der Waals surface area contributed by atoms with Crippen LogP contribution in [0.2, 0.25) is 0 Å². The van der Waals surface area contributed by atoms with E-state index in [1.807, 2.05) is 0 Å². The number of hydrogen-bond donors (Lipinski definition) is 4. The molecule has 2 aliphatic rings. The normalized spacial score (nSPS) is 39.8. The molecule has 0 bridgehead atoms. The fraction of sp³-hybridized carbons (Fsp3) is 0.900. The molecule has 4 heteroatoms. The predicted octanol–water partition coefficient (Wildman–Crippen LogP) is 2.64. The van der Waals surface area contributed by atoms with Crippen molar-refractivity contribution in [3.05, 3.63) is 12.2 Å². The van der Waals surface area contributed by atoms with Gasteiger partial charge in [-0.3, -0.25) is 0 Å². The minimum absolute atomic E-state index is 0.0678. The molecule has 0 heterocycles. The Hall–Kier alpha value is -0.420. The van der Waals surface area contributed by atoms with E-state index >= 15 is 0 Å². The zero-order valence-electron chi connectivity index (χ0n) is 15.8. The van der Waals surface area contributed by atoms with Gasteiger partial charge in [0.15, 0.2) is 0 Å². The first-order valence-corrected chi connectivity index (χ1v) is 9.34. The summed E-state index contributed by atoms with van der Waals surface area (Å²) in [4.78, 5) is 0. The Morgan fingerprint density at radius 3 is 2.50 bits per heavy atom. The summed E-state index contributed by atoms with van der Waals surface area (Å²) in [5, 5.41) is 40.0. The Labute approximate surface area is 146 Å². The van der Waals surface area contributed by atoms with Gasteiger partial charge in [-0.25, -0.2) is 0 Å². The van der Waals surface area contributed by atoms with Crippen molar-refractivity contribution in [3.8, 4) is 0 Å². The molecular weight excluding hydrogens is 304 g/mol. The number of aliphatic hydroxyl groups is 4. The Kier molecular flexibility index (Phi) is 5.57. The van der Waals surface area contributed by atoms with Crippen molar-refractivity contribution in [2.24, 2.45) is 22.7 Å². The van der Waals surface area contributed by atoms with Gasteiger partial charge in [-0.2, -0.15) is 0 Å². The molecule has 6 atom stereocenters. The molecule has 0 spiro atoms. The lowest BCUT2D eigenvalue weighted by Crippen LogP contribution is -2.53. The molecule has 2 rings (SSSR count). The van der Waals surface area contributed by atoms with E-state index in [1.165, 1.54) is 12.8 Å². The van der Waals surface area contributed by atoms with E-state index in [1.54, 1.807) is 6.92 Å². The van der Waals surface area contributed by atoms with E-state index in [0.717, 1.165) is 18.4 Å². The summed E-state index contributed by atoms with van der Waals surface area (Å²) >= 11 is 0. The molecule has 0 aromatic rings. The van der Waals surface area contributed by atoms with Gasteiger partial charge in [0, 0.05) is 0 Å². The van der Waals surface area contributed by atoms with Crippen molar-refractivity contribution < 1.29 is 20.4 Å². The first kappa shape index (κ1) is 19.9. The highest BCUT2D eigenvalue weighted by atomic mass is 16.4. The van der Waals surface area contributed by atoms with Crippen LogP contribution in [0.5, 0.6) is 0 Å². The summed E-state index contributed by atoms with van der Waals surface area (Å²) in [6.45, 7) is 12.2. The van der Waals surface area contributed by atoms with E-state index in [2.05, 4.69) is 27.4 Å². The van der Waals surface area contributed by atoms with E-state index < -0.39 is 24.4 Å². The minimum Gasteiger partial charge on any atom is -0.394 e. The summed E-state index contributed by atoms with van der Waals surface area (Å²) in [7, 11) is 0. The Bertz CT molecular complexity index is 470. The van der Waals surface area contributed by atoms with Gasteiger partial charge >= 0.3 is 0 Å². The molecule has 2 fully saturated rings. The van der Waals surface area contributed by atoms with E-state index in [-0.39, 0.29) is 16.7 Å². The average molecular weight is 341 g/mol. The standard InChI is InChI=1S/C20H36O4/c1-13-14(7-10-20(5,24)17(23)12-21)19(4)9-6-8-18(2,3)16(19)11-15(13)22/h14-17,21-24H,1,6-12H2,2-5H3/t14-,15+,16+,17+,19+,20+/m0/s1. The van der Waals surface area contributed by atoms with Crippen molar-refractivity contribution in [3.63, 3.8) is 0 Å². The lowest BCUT2D eigenvalue weighted by atomic mass is 9.46. The average Bonchev–Trinajstić information content (AvgIpc) is 2.48. The summed E-state index contributed by atoms with van der Waals surface area (Å²) in [5.41, 5.74) is -0.188. The second-order valence-corrected chi connectivity index (χ2v) is 9.37. The number of rotatable bonds is 5. The summed E-state index contributed by atoms with van der Waals surface area (Å²) < 4.78 is 0. The van der Waals surface area contributed by atoms with Gasteiger partial charge in [0.05, 0.1) is 18.3 Å². The van der Waals surface area contributed by atoms with Gasteiger partial charge in [0.25, 0.3) is 0 Å². The third kappa shape index (κ3) is 3.44. The minimum atomic E-state index is -1.33. The van der Waals surface area contributed by atoms with Crippen molar-refractivity contribution in [1.29, 1.82) is 0 Å². The van der Waals surface area contributed by atoms with Gasteiger partial charge in [0.2, 0.25) is 0 Å². The highest BCUT2D eigenvalue weighted by molar-refractivity contribution is 5.20. The summed E-state index contributed by atoms with van der Waals surface area (Å²) in [6.07, 6.45) is 3.66. The van der Waals surface area contributed by atoms with Crippen LogP contribution in [-0.2, 0) is 0 Å². The van der Waals surface area contributed by atoms with Crippen molar-refractivity contribution in [2.45, 2.75) is 84.0 Å². The molecule has 24 heavy (non-hydrogen) atoms. The first-order chi connectivity index (χ1) is 11.0. The quantitative estimate of drug-likeness (QED) is 0.580. The van der Waals surface area contributed by atoms with Crippen molar-refractivity contribution in [1.82, 2.24) is 0 Å². The second-order valence-electron chi connectivity index (χ2n) is 9.37. The number of hydrogen-bond acceptors (Lipinski definition) is 4. The topological polar surface area (TPSA) is 80.9 Å². The molecule has 0 unspecified atom stereocenters. The fourth-order valence-corrected chi connectivity index (χ4v) is 5.52. The molecule has 4 nitrogen and oxygen atoms in total. The van der Waals surface area contributed by atoms with Crippen LogP contribution in [-0.4, -0.2) is 44.8 Å². The van der Waals surface area contributed by atoms with Gasteiger partial charge < -0.3 is 20.4 Å². The van der Waals surface area contributed by atoms with Crippen LogP contribution in [0, 0.1) is 22.7 Å². The van der Waals surface area contributed by atoms with Gasteiger partial charge in [-0.1, -0.05) is 33.8 Å². The zero-order chi connectivity index (χ0) is 18.3. The molecule has 140 valence electrons. The Balaban J connectivity index is 2.24. The van der Waals surface area contributed by atoms with Gasteiger partial charge in [0.1, 0.15) is 6.10 Å². The van der Waals surface area contributed by atoms with E-state index in [0.29, 0.717) is 18.8 Å². The summed E-state index contributed by atoms with van der Waals surface area (Å²) in [5.74, 6) is 0.556. The molecule has 2 saturated carbocycles. The van der Waals surface area contributed by atoms with Crippen LogP contribution < -0.4 is 0 Å².